The van der Waals surface area contributed by atoms with Gasteiger partial charge < -0.3 is 9.72 Å². The van der Waals surface area contributed by atoms with Gasteiger partial charge in [0.15, 0.2) is 11.9 Å². The number of nitrogens with zero attached hydrogens (tertiary/aromatic N) is 3. The zero-order chi connectivity index (χ0) is 21.3. The standard InChI is InChI=1S/C18H22N4O6/c1-8-15(12(5)23)9(2)19-16(8)18(25)13(6)28-14(24)7-21-11(4)17(22(26)27)10(3)20-21/h13,19H,7H2,1-6H3. The number of ketones is 2. The summed E-state index contributed by atoms with van der Waals surface area (Å²) in [4.78, 5) is 49.9. The minimum atomic E-state index is -1.10. The van der Waals surface area contributed by atoms with Crippen LogP contribution in [-0.4, -0.2) is 43.3 Å². The molecule has 2 heterocycles. The number of aromatic amines is 1. The van der Waals surface area contributed by atoms with Gasteiger partial charge >= 0.3 is 11.7 Å². The third kappa shape index (κ3) is 3.85. The summed E-state index contributed by atoms with van der Waals surface area (Å²) in [5.74, 6) is -1.39. The number of ether oxygens (including phenoxy) is 1. The van der Waals surface area contributed by atoms with Gasteiger partial charge in [0.25, 0.3) is 0 Å². The highest BCUT2D eigenvalue weighted by atomic mass is 16.6. The van der Waals surface area contributed by atoms with E-state index in [1.54, 1.807) is 13.8 Å². The van der Waals surface area contributed by atoms with Gasteiger partial charge in [-0.3, -0.25) is 29.2 Å². The predicted octanol–water partition coefficient (Wildman–Crippen LogP) is 2.37. The highest BCUT2D eigenvalue weighted by Gasteiger charge is 2.27. The Morgan fingerprint density at radius 1 is 1.25 bits per heavy atom. The van der Waals surface area contributed by atoms with Gasteiger partial charge in [-0.1, -0.05) is 0 Å². The molecule has 0 saturated heterocycles. The van der Waals surface area contributed by atoms with E-state index in [0.717, 1.165) is 0 Å². The molecule has 1 atom stereocenters. The maximum absolute atomic E-state index is 12.6. The number of nitrogens with one attached hydrogen (secondary N) is 1. The molecule has 2 rings (SSSR count). The molecular weight excluding hydrogens is 368 g/mol. The van der Waals surface area contributed by atoms with Gasteiger partial charge in [0.1, 0.15) is 17.9 Å². The quantitative estimate of drug-likeness (QED) is 0.331. The lowest BCUT2D eigenvalue weighted by Crippen LogP contribution is -2.27. The molecule has 0 fully saturated rings. The van der Waals surface area contributed by atoms with Crippen molar-refractivity contribution in [2.75, 3.05) is 0 Å². The lowest BCUT2D eigenvalue weighted by molar-refractivity contribution is -0.386. The van der Waals surface area contributed by atoms with Crippen molar-refractivity contribution in [1.82, 2.24) is 14.8 Å². The summed E-state index contributed by atoms with van der Waals surface area (Å²) in [6, 6.07) is 0. The van der Waals surface area contributed by atoms with Crippen LogP contribution in [0.25, 0.3) is 0 Å². The number of aryl methyl sites for hydroxylation is 2. The van der Waals surface area contributed by atoms with Crippen LogP contribution in [0.5, 0.6) is 0 Å². The van der Waals surface area contributed by atoms with Crippen LogP contribution < -0.4 is 0 Å². The van der Waals surface area contributed by atoms with Gasteiger partial charge in [-0.2, -0.15) is 5.10 Å². The third-order valence-corrected chi connectivity index (χ3v) is 4.52. The van der Waals surface area contributed by atoms with Crippen LogP contribution in [0.4, 0.5) is 5.69 Å². The number of nitro groups is 1. The zero-order valence-corrected chi connectivity index (χ0v) is 16.6. The van der Waals surface area contributed by atoms with Gasteiger partial charge in [0.2, 0.25) is 5.78 Å². The second-order valence-electron chi connectivity index (χ2n) is 6.61. The fraction of sp³-hybridized carbons (Fsp3) is 0.444. The number of Topliss-reactive ketones (excluding diaryl/α,β-unsaturated/α-hetero) is 2. The Morgan fingerprint density at radius 3 is 2.32 bits per heavy atom. The second-order valence-corrected chi connectivity index (χ2v) is 6.61. The van der Waals surface area contributed by atoms with Gasteiger partial charge in [-0.05, 0) is 47.1 Å². The van der Waals surface area contributed by atoms with Crippen LogP contribution in [-0.2, 0) is 16.1 Å². The summed E-state index contributed by atoms with van der Waals surface area (Å²) in [6.07, 6.45) is -1.10. The molecule has 10 heteroatoms. The van der Waals surface area contributed by atoms with Crippen molar-refractivity contribution in [3.05, 3.63) is 44.0 Å². The summed E-state index contributed by atoms with van der Waals surface area (Å²) in [7, 11) is 0. The van der Waals surface area contributed by atoms with E-state index < -0.39 is 22.8 Å². The number of carbonyl (C=O) groups is 3. The lowest BCUT2D eigenvalue weighted by atomic mass is 10.0. The minimum absolute atomic E-state index is 0.161. The first-order valence-corrected chi connectivity index (χ1v) is 8.57. The van der Waals surface area contributed by atoms with Crippen molar-refractivity contribution < 1.29 is 24.0 Å². The van der Waals surface area contributed by atoms with Crippen molar-refractivity contribution >= 4 is 23.2 Å². The van der Waals surface area contributed by atoms with Crippen LogP contribution >= 0.6 is 0 Å². The molecule has 0 aliphatic heterocycles. The smallest absolute Gasteiger partial charge is 0.328 e. The SMILES string of the molecule is CC(=O)c1c(C)[nH]c(C(=O)C(C)OC(=O)Cn2nc(C)c([N+](=O)[O-])c2C)c1C. The maximum atomic E-state index is 12.6. The number of esters is 1. The minimum Gasteiger partial charge on any atom is -0.453 e. The molecule has 0 aromatic carbocycles. The van der Waals surface area contributed by atoms with E-state index in [1.165, 1.54) is 32.4 Å². The molecule has 0 saturated carbocycles. The maximum Gasteiger partial charge on any atom is 0.328 e. The Labute approximate surface area is 161 Å². The van der Waals surface area contributed by atoms with Crippen LogP contribution in [0.1, 0.15) is 57.3 Å². The molecule has 2 aromatic heterocycles. The molecule has 1 unspecified atom stereocenters. The average molecular weight is 390 g/mol. The Bertz CT molecular complexity index is 985. The third-order valence-electron chi connectivity index (χ3n) is 4.52. The van der Waals surface area contributed by atoms with E-state index in [-0.39, 0.29) is 35.1 Å². The second kappa shape index (κ2) is 7.75. The summed E-state index contributed by atoms with van der Waals surface area (Å²) in [6.45, 7) is 8.77. The first-order valence-electron chi connectivity index (χ1n) is 8.57. The van der Waals surface area contributed by atoms with Crippen molar-refractivity contribution in [2.24, 2.45) is 0 Å². The molecule has 0 radical (unpaired) electrons. The van der Waals surface area contributed by atoms with E-state index in [4.69, 9.17) is 4.74 Å². The fourth-order valence-corrected chi connectivity index (χ4v) is 3.24. The normalized spacial score (nSPS) is 11.9. The molecule has 0 bridgehead atoms. The first kappa shape index (κ1) is 21.0. The van der Waals surface area contributed by atoms with Gasteiger partial charge in [0, 0.05) is 11.3 Å². The van der Waals surface area contributed by atoms with E-state index in [0.29, 0.717) is 16.8 Å². The van der Waals surface area contributed by atoms with Crippen LogP contribution in [0, 0.1) is 37.8 Å². The molecular formula is C18H22N4O6. The molecule has 28 heavy (non-hydrogen) atoms. The predicted molar refractivity (Wildman–Crippen MR) is 98.5 cm³/mol. The summed E-state index contributed by atoms with van der Waals surface area (Å²) >= 11 is 0. The van der Waals surface area contributed by atoms with Gasteiger partial charge in [-0.25, -0.2) is 0 Å². The fourth-order valence-electron chi connectivity index (χ4n) is 3.24. The highest BCUT2D eigenvalue weighted by Crippen LogP contribution is 2.22. The van der Waals surface area contributed by atoms with Crippen molar-refractivity contribution in [3.63, 3.8) is 0 Å². The molecule has 1 N–H and O–H groups in total. The van der Waals surface area contributed by atoms with E-state index in [9.17, 15) is 24.5 Å². The Hall–Kier alpha value is -3.30. The van der Waals surface area contributed by atoms with Crippen LogP contribution in [0.15, 0.2) is 0 Å². The number of hydrogen-bond acceptors (Lipinski definition) is 7. The summed E-state index contributed by atoms with van der Waals surface area (Å²) < 4.78 is 6.35. The Morgan fingerprint density at radius 2 is 1.86 bits per heavy atom. The molecule has 10 nitrogen and oxygen atoms in total. The van der Waals surface area contributed by atoms with Crippen molar-refractivity contribution in [2.45, 2.75) is 54.2 Å². The molecule has 0 aliphatic rings. The molecule has 0 spiro atoms. The van der Waals surface area contributed by atoms with Gasteiger partial charge in [-0.15, -0.1) is 0 Å². The average Bonchev–Trinajstić information content (AvgIpc) is 3.01. The number of rotatable bonds is 7. The molecule has 2 aromatic rings. The summed E-state index contributed by atoms with van der Waals surface area (Å²) in [5, 5.41) is 15.0. The van der Waals surface area contributed by atoms with Crippen LogP contribution in [0.2, 0.25) is 0 Å². The number of aromatic nitrogens is 3. The van der Waals surface area contributed by atoms with E-state index in [1.807, 2.05) is 0 Å². The van der Waals surface area contributed by atoms with Crippen molar-refractivity contribution in [3.8, 4) is 0 Å². The van der Waals surface area contributed by atoms with E-state index >= 15 is 0 Å². The molecule has 150 valence electrons. The van der Waals surface area contributed by atoms with E-state index in [2.05, 4.69) is 10.1 Å². The molecule has 0 amide bonds. The van der Waals surface area contributed by atoms with Gasteiger partial charge in [0.05, 0.1) is 10.6 Å². The Kier molecular flexibility index (Phi) is 5.81. The monoisotopic (exact) mass is 390 g/mol. The highest BCUT2D eigenvalue weighted by molar-refractivity contribution is 6.05. The number of hydrogen-bond donors (Lipinski definition) is 1. The molecule has 0 aliphatic carbocycles. The largest absolute Gasteiger partial charge is 0.453 e. The topological polar surface area (TPSA) is 137 Å². The van der Waals surface area contributed by atoms with Crippen molar-refractivity contribution in [1.29, 1.82) is 0 Å². The zero-order valence-electron chi connectivity index (χ0n) is 16.6. The Balaban J connectivity index is 2.14. The first-order chi connectivity index (χ1) is 13.0. The number of H-pyrrole nitrogens is 1. The summed E-state index contributed by atoms with van der Waals surface area (Å²) in [5.41, 5.74) is 1.98. The van der Waals surface area contributed by atoms with Crippen LogP contribution in [0.3, 0.4) is 0 Å². The lowest BCUT2D eigenvalue weighted by Gasteiger charge is -2.12. The number of carbonyl (C=O) groups excluding carboxylic acids is 3.